The van der Waals surface area contributed by atoms with Crippen LogP contribution in [0.4, 0.5) is 9.59 Å². The maximum atomic E-state index is 10.9. The second-order valence-electron chi connectivity index (χ2n) is 3.89. The van der Waals surface area contributed by atoms with Gasteiger partial charge < -0.3 is 20.1 Å². The van der Waals surface area contributed by atoms with E-state index >= 15 is 0 Å². The summed E-state index contributed by atoms with van der Waals surface area (Å²) in [4.78, 5) is 21.9. The van der Waals surface area contributed by atoms with E-state index in [1.54, 1.807) is 0 Å². The summed E-state index contributed by atoms with van der Waals surface area (Å²) in [5.74, 6) is 0.212. The van der Waals surface area contributed by atoms with Gasteiger partial charge in [-0.2, -0.15) is 0 Å². The van der Waals surface area contributed by atoms with E-state index in [9.17, 15) is 9.59 Å². The SMILES string of the molecule is COC(=O)NCC1=CC=CC(CNC(=O)OC)C1. The van der Waals surface area contributed by atoms with E-state index in [2.05, 4.69) is 20.1 Å². The molecule has 6 heteroatoms. The van der Waals surface area contributed by atoms with E-state index in [1.165, 1.54) is 14.2 Å². The first-order valence-electron chi connectivity index (χ1n) is 5.65. The average Bonchev–Trinajstić information content (AvgIpc) is 2.42. The Hall–Kier alpha value is -1.98. The first-order valence-corrected chi connectivity index (χ1v) is 5.65. The Morgan fingerprint density at radius 2 is 1.94 bits per heavy atom. The third kappa shape index (κ3) is 4.90. The lowest BCUT2D eigenvalue weighted by atomic mass is 9.94. The lowest BCUT2D eigenvalue weighted by molar-refractivity contribution is 0.170. The molecular weight excluding hydrogens is 236 g/mol. The number of methoxy groups -OCH3 is 2. The van der Waals surface area contributed by atoms with Gasteiger partial charge in [0.2, 0.25) is 0 Å². The molecule has 0 fully saturated rings. The lowest BCUT2D eigenvalue weighted by Gasteiger charge is -2.18. The van der Waals surface area contributed by atoms with E-state index in [1.807, 2.05) is 18.2 Å². The molecule has 1 aliphatic carbocycles. The number of rotatable bonds is 4. The number of ether oxygens (including phenoxy) is 2. The molecule has 2 N–H and O–H groups in total. The molecule has 6 nitrogen and oxygen atoms in total. The zero-order valence-electron chi connectivity index (χ0n) is 10.6. The van der Waals surface area contributed by atoms with Gasteiger partial charge in [0.05, 0.1) is 14.2 Å². The number of allylic oxidation sites excluding steroid dienone is 2. The van der Waals surface area contributed by atoms with Crippen LogP contribution in [0.5, 0.6) is 0 Å². The number of carbonyl (C=O) groups is 2. The van der Waals surface area contributed by atoms with Gasteiger partial charge in [0.1, 0.15) is 0 Å². The van der Waals surface area contributed by atoms with Gasteiger partial charge in [-0.05, 0) is 12.3 Å². The average molecular weight is 254 g/mol. The fourth-order valence-electron chi connectivity index (χ4n) is 1.64. The van der Waals surface area contributed by atoms with Gasteiger partial charge in [0.25, 0.3) is 0 Å². The van der Waals surface area contributed by atoms with Gasteiger partial charge in [-0.25, -0.2) is 9.59 Å². The van der Waals surface area contributed by atoms with Crippen molar-refractivity contribution in [1.82, 2.24) is 10.6 Å². The van der Waals surface area contributed by atoms with Crippen LogP contribution in [0.25, 0.3) is 0 Å². The molecule has 1 rings (SSSR count). The van der Waals surface area contributed by atoms with Crippen LogP contribution in [0.15, 0.2) is 23.8 Å². The van der Waals surface area contributed by atoms with Crippen LogP contribution in [0.2, 0.25) is 0 Å². The molecule has 0 aromatic carbocycles. The predicted molar refractivity (Wildman–Crippen MR) is 66.1 cm³/mol. The Labute approximate surface area is 106 Å². The van der Waals surface area contributed by atoms with Crippen molar-refractivity contribution in [2.24, 2.45) is 5.92 Å². The summed E-state index contributed by atoms with van der Waals surface area (Å²) in [6.45, 7) is 0.963. The molecule has 1 aliphatic rings. The van der Waals surface area contributed by atoms with Crippen LogP contribution in [-0.2, 0) is 9.47 Å². The normalized spacial score (nSPS) is 17.7. The van der Waals surface area contributed by atoms with Gasteiger partial charge in [-0.3, -0.25) is 0 Å². The second kappa shape index (κ2) is 7.37. The molecule has 0 spiro atoms. The number of alkyl carbamates (subject to hydrolysis) is 2. The highest BCUT2D eigenvalue weighted by Crippen LogP contribution is 2.17. The van der Waals surface area contributed by atoms with Crippen molar-refractivity contribution < 1.29 is 19.1 Å². The van der Waals surface area contributed by atoms with E-state index < -0.39 is 12.2 Å². The van der Waals surface area contributed by atoms with E-state index in [0.717, 1.165) is 12.0 Å². The molecule has 0 aliphatic heterocycles. The Morgan fingerprint density at radius 3 is 2.61 bits per heavy atom. The molecule has 2 amide bonds. The quantitative estimate of drug-likeness (QED) is 0.790. The topological polar surface area (TPSA) is 76.7 Å². The van der Waals surface area contributed by atoms with Gasteiger partial charge in [-0.1, -0.05) is 23.8 Å². The van der Waals surface area contributed by atoms with E-state index in [-0.39, 0.29) is 5.92 Å². The van der Waals surface area contributed by atoms with Crippen molar-refractivity contribution in [3.63, 3.8) is 0 Å². The summed E-state index contributed by atoms with van der Waals surface area (Å²) in [6, 6.07) is 0. The molecule has 18 heavy (non-hydrogen) atoms. The van der Waals surface area contributed by atoms with Gasteiger partial charge in [-0.15, -0.1) is 0 Å². The number of hydrogen-bond acceptors (Lipinski definition) is 4. The summed E-state index contributed by atoms with van der Waals surface area (Å²) < 4.78 is 8.99. The van der Waals surface area contributed by atoms with E-state index in [0.29, 0.717) is 13.1 Å². The monoisotopic (exact) mass is 254 g/mol. The first kappa shape index (κ1) is 14.1. The maximum absolute atomic E-state index is 10.9. The molecule has 1 unspecified atom stereocenters. The van der Waals surface area contributed by atoms with Crippen LogP contribution in [-0.4, -0.2) is 39.5 Å². The zero-order valence-corrected chi connectivity index (χ0v) is 10.6. The van der Waals surface area contributed by atoms with Crippen molar-refractivity contribution >= 4 is 12.2 Å². The summed E-state index contributed by atoms with van der Waals surface area (Å²) in [7, 11) is 2.66. The Kier molecular flexibility index (Phi) is 5.76. The standard InChI is InChI=1S/C12H18N2O4/c1-17-11(15)13-7-9-4-3-5-10(6-9)8-14-12(16)18-2/h3-5,9H,6-8H2,1-2H3,(H,13,15)(H,14,16). The fourth-order valence-corrected chi connectivity index (χ4v) is 1.64. The number of carbonyl (C=O) groups excluding carboxylic acids is 2. The largest absolute Gasteiger partial charge is 0.453 e. The van der Waals surface area contributed by atoms with Crippen LogP contribution in [0.1, 0.15) is 6.42 Å². The van der Waals surface area contributed by atoms with E-state index in [4.69, 9.17) is 0 Å². The van der Waals surface area contributed by atoms with Crippen LogP contribution in [0.3, 0.4) is 0 Å². The van der Waals surface area contributed by atoms with Crippen LogP contribution >= 0.6 is 0 Å². The van der Waals surface area contributed by atoms with Crippen LogP contribution in [0, 0.1) is 5.92 Å². The summed E-state index contributed by atoms with van der Waals surface area (Å²) in [5.41, 5.74) is 1.08. The minimum Gasteiger partial charge on any atom is -0.453 e. The summed E-state index contributed by atoms with van der Waals surface area (Å²) >= 11 is 0. The lowest BCUT2D eigenvalue weighted by Crippen LogP contribution is -2.31. The minimum atomic E-state index is -0.449. The number of nitrogens with one attached hydrogen (secondary N) is 2. The van der Waals surface area contributed by atoms with Crippen molar-refractivity contribution in [2.45, 2.75) is 6.42 Å². The maximum Gasteiger partial charge on any atom is 0.407 e. The second-order valence-corrected chi connectivity index (χ2v) is 3.89. The Balaban J connectivity index is 2.32. The minimum absolute atomic E-state index is 0.212. The molecule has 0 saturated heterocycles. The van der Waals surface area contributed by atoms with Crippen molar-refractivity contribution in [3.05, 3.63) is 23.8 Å². The highest BCUT2D eigenvalue weighted by atomic mass is 16.5. The molecule has 0 aromatic heterocycles. The Morgan fingerprint density at radius 1 is 1.28 bits per heavy atom. The molecule has 1 atom stereocenters. The predicted octanol–water partition coefficient (Wildman–Crippen LogP) is 1.20. The third-order valence-corrected chi connectivity index (χ3v) is 2.58. The summed E-state index contributed by atoms with van der Waals surface area (Å²) in [6.07, 6.45) is 5.77. The fraction of sp³-hybridized carbons (Fsp3) is 0.500. The van der Waals surface area contributed by atoms with Crippen molar-refractivity contribution in [3.8, 4) is 0 Å². The molecule has 0 saturated carbocycles. The Bertz CT molecular complexity index is 363. The molecule has 100 valence electrons. The van der Waals surface area contributed by atoms with Gasteiger partial charge >= 0.3 is 12.2 Å². The van der Waals surface area contributed by atoms with Gasteiger partial charge in [0, 0.05) is 13.1 Å². The third-order valence-electron chi connectivity index (χ3n) is 2.58. The molecule has 0 heterocycles. The highest BCUT2D eigenvalue weighted by Gasteiger charge is 2.13. The van der Waals surface area contributed by atoms with Crippen molar-refractivity contribution in [2.75, 3.05) is 27.3 Å². The molecule has 0 radical (unpaired) electrons. The smallest absolute Gasteiger partial charge is 0.407 e. The molecular formula is C12H18N2O4. The summed E-state index contributed by atoms with van der Waals surface area (Å²) in [5, 5.41) is 5.27. The molecule has 0 bridgehead atoms. The van der Waals surface area contributed by atoms with Crippen LogP contribution < -0.4 is 10.6 Å². The first-order chi connectivity index (χ1) is 8.65. The molecule has 0 aromatic rings. The zero-order chi connectivity index (χ0) is 13.4. The van der Waals surface area contributed by atoms with Gasteiger partial charge in [0.15, 0.2) is 0 Å². The highest BCUT2D eigenvalue weighted by molar-refractivity contribution is 5.67. The number of amides is 2. The number of hydrogen-bond donors (Lipinski definition) is 2. The van der Waals surface area contributed by atoms with Crippen molar-refractivity contribution in [1.29, 1.82) is 0 Å².